The van der Waals surface area contributed by atoms with Gasteiger partial charge in [-0.15, -0.1) is 0 Å². The van der Waals surface area contributed by atoms with Crippen molar-refractivity contribution in [2.45, 2.75) is 51.2 Å². The van der Waals surface area contributed by atoms with Crippen LogP contribution in [-0.4, -0.2) is 29.8 Å². The lowest BCUT2D eigenvalue weighted by Crippen LogP contribution is -2.63. The van der Waals surface area contributed by atoms with E-state index < -0.39 is 0 Å². The van der Waals surface area contributed by atoms with Crippen LogP contribution in [0.15, 0.2) is 10.6 Å². The van der Waals surface area contributed by atoms with Gasteiger partial charge in [-0.25, -0.2) is 0 Å². The van der Waals surface area contributed by atoms with Crippen LogP contribution in [0, 0.1) is 24.7 Å². The lowest BCUT2D eigenvalue weighted by atomic mass is 9.61. The molecule has 1 amide bonds. The molecule has 1 N–H and O–H groups in total. The van der Waals surface area contributed by atoms with Gasteiger partial charge in [0.2, 0.25) is 0 Å². The van der Waals surface area contributed by atoms with E-state index >= 15 is 0 Å². The summed E-state index contributed by atoms with van der Waals surface area (Å²) < 4.78 is 10.9. The quantitative estimate of drug-likeness (QED) is 0.927. The first-order valence-electron chi connectivity index (χ1n) is 8.10. The number of nitrogens with one attached hydrogen (secondary N) is 1. The molecule has 4 atom stereocenters. The molecule has 1 aromatic rings. The predicted molar refractivity (Wildman–Crippen MR) is 75.8 cm³/mol. The lowest BCUT2D eigenvalue weighted by Gasteiger charge is -2.50. The number of ether oxygens (including phenoxy) is 1. The van der Waals surface area contributed by atoms with Crippen molar-refractivity contribution in [3.05, 3.63) is 17.5 Å². The van der Waals surface area contributed by atoms with Crippen molar-refractivity contribution >= 4 is 5.91 Å². The van der Waals surface area contributed by atoms with Crippen LogP contribution in [0.3, 0.4) is 0 Å². The summed E-state index contributed by atoms with van der Waals surface area (Å²) in [6.07, 6.45) is 6.65. The zero-order chi connectivity index (χ0) is 14.4. The zero-order valence-electron chi connectivity index (χ0n) is 12.4. The maximum absolute atomic E-state index is 12.3. The summed E-state index contributed by atoms with van der Waals surface area (Å²) in [5.41, 5.74) is 0.389. The molecular weight excluding hydrogens is 268 g/mol. The van der Waals surface area contributed by atoms with Crippen molar-refractivity contribution in [1.29, 1.82) is 0 Å². The minimum Gasteiger partial charge on any atom is -0.377 e. The minimum absolute atomic E-state index is 0.106. The second kappa shape index (κ2) is 5.13. The molecule has 0 bridgehead atoms. The molecule has 2 aliphatic carbocycles. The predicted octanol–water partition coefficient (Wildman–Crippen LogP) is 2.31. The molecule has 21 heavy (non-hydrogen) atoms. The van der Waals surface area contributed by atoms with Crippen molar-refractivity contribution in [1.82, 2.24) is 10.5 Å². The molecule has 1 saturated heterocycles. The molecule has 0 spiro atoms. The third-order valence-electron chi connectivity index (χ3n) is 5.54. The molecule has 4 rings (SSSR count). The van der Waals surface area contributed by atoms with Crippen LogP contribution in [0.1, 0.15) is 48.4 Å². The van der Waals surface area contributed by atoms with Crippen LogP contribution in [0.4, 0.5) is 0 Å². The third kappa shape index (κ3) is 2.18. The Morgan fingerprint density at radius 3 is 2.86 bits per heavy atom. The van der Waals surface area contributed by atoms with Gasteiger partial charge in [-0.3, -0.25) is 4.79 Å². The molecule has 0 aromatic carbocycles. The van der Waals surface area contributed by atoms with Gasteiger partial charge in [0.05, 0.1) is 6.10 Å². The Labute approximate surface area is 124 Å². The van der Waals surface area contributed by atoms with Gasteiger partial charge in [-0.1, -0.05) is 30.8 Å². The Bertz CT molecular complexity index is 531. The molecule has 3 fully saturated rings. The highest BCUT2D eigenvalue weighted by atomic mass is 16.5. The fourth-order valence-electron chi connectivity index (χ4n) is 4.56. The fraction of sp³-hybridized carbons (Fsp3) is 0.750. The van der Waals surface area contributed by atoms with E-state index in [0.29, 0.717) is 35.3 Å². The van der Waals surface area contributed by atoms with Gasteiger partial charge >= 0.3 is 0 Å². The molecule has 1 aliphatic heterocycles. The average molecular weight is 290 g/mol. The SMILES string of the molecule is Cc1cc(C(=O)N[C@@H]2[C@@H]3CCO[C@@H]3[C@@H]2C2CCCC2)no1. The van der Waals surface area contributed by atoms with Crippen molar-refractivity contribution < 1.29 is 14.1 Å². The summed E-state index contributed by atoms with van der Waals surface area (Å²) in [4.78, 5) is 12.3. The summed E-state index contributed by atoms with van der Waals surface area (Å²) >= 11 is 0. The van der Waals surface area contributed by atoms with E-state index in [1.54, 1.807) is 13.0 Å². The number of aryl methyl sites for hydroxylation is 1. The molecule has 114 valence electrons. The van der Waals surface area contributed by atoms with Crippen LogP contribution >= 0.6 is 0 Å². The normalized spacial score (nSPS) is 35.5. The molecule has 1 aromatic heterocycles. The van der Waals surface area contributed by atoms with Crippen LogP contribution in [-0.2, 0) is 4.74 Å². The summed E-state index contributed by atoms with van der Waals surface area (Å²) in [5.74, 6) is 2.27. The first kappa shape index (κ1) is 13.3. The number of hydrogen-bond donors (Lipinski definition) is 1. The highest BCUT2D eigenvalue weighted by Gasteiger charge is 2.57. The maximum atomic E-state index is 12.3. The summed E-state index contributed by atoms with van der Waals surface area (Å²) in [6.45, 7) is 2.64. The molecule has 5 heteroatoms. The average Bonchev–Trinajstić information content (AvgIpc) is 3.17. The van der Waals surface area contributed by atoms with E-state index in [-0.39, 0.29) is 11.9 Å². The van der Waals surface area contributed by atoms with E-state index in [0.717, 1.165) is 13.0 Å². The van der Waals surface area contributed by atoms with E-state index in [2.05, 4.69) is 10.5 Å². The Morgan fingerprint density at radius 1 is 1.33 bits per heavy atom. The van der Waals surface area contributed by atoms with E-state index in [4.69, 9.17) is 9.26 Å². The van der Waals surface area contributed by atoms with E-state index in [9.17, 15) is 4.79 Å². The number of aromatic nitrogens is 1. The van der Waals surface area contributed by atoms with Gasteiger partial charge in [0.15, 0.2) is 5.69 Å². The van der Waals surface area contributed by atoms with Crippen LogP contribution in [0.25, 0.3) is 0 Å². The number of rotatable bonds is 3. The number of nitrogens with zero attached hydrogens (tertiary/aromatic N) is 1. The first-order chi connectivity index (χ1) is 10.2. The van der Waals surface area contributed by atoms with Gasteiger partial charge < -0.3 is 14.6 Å². The molecule has 2 heterocycles. The maximum Gasteiger partial charge on any atom is 0.273 e. The Kier molecular flexibility index (Phi) is 3.25. The Balaban J connectivity index is 1.48. The Hall–Kier alpha value is -1.36. The van der Waals surface area contributed by atoms with Gasteiger partial charge in [0, 0.05) is 30.6 Å². The molecule has 0 unspecified atom stereocenters. The summed E-state index contributed by atoms with van der Waals surface area (Å²) in [5, 5.41) is 7.02. The van der Waals surface area contributed by atoms with Crippen LogP contribution < -0.4 is 5.32 Å². The monoisotopic (exact) mass is 290 g/mol. The smallest absolute Gasteiger partial charge is 0.273 e. The van der Waals surface area contributed by atoms with E-state index in [1.165, 1.54) is 25.7 Å². The standard InChI is InChI=1S/C16H22N2O3/c1-9-8-12(18-21-9)16(19)17-14-11-6-7-20-15(11)13(14)10-4-2-3-5-10/h8,10-11,13-15H,2-7H2,1H3,(H,17,19)/t11-,13+,14+,15-/m0/s1. The van der Waals surface area contributed by atoms with E-state index in [1.807, 2.05) is 0 Å². The van der Waals surface area contributed by atoms with Crippen molar-refractivity contribution in [2.24, 2.45) is 17.8 Å². The number of carbonyl (C=O) groups is 1. The van der Waals surface area contributed by atoms with Gasteiger partial charge in [-0.2, -0.15) is 0 Å². The second-order valence-electron chi connectivity index (χ2n) is 6.73. The number of hydrogen-bond acceptors (Lipinski definition) is 4. The molecule has 0 radical (unpaired) electrons. The van der Waals surface area contributed by atoms with Crippen LogP contribution in [0.2, 0.25) is 0 Å². The van der Waals surface area contributed by atoms with Crippen LogP contribution in [0.5, 0.6) is 0 Å². The topological polar surface area (TPSA) is 64.4 Å². The second-order valence-corrected chi connectivity index (χ2v) is 6.73. The largest absolute Gasteiger partial charge is 0.377 e. The van der Waals surface area contributed by atoms with Crippen molar-refractivity contribution in [3.8, 4) is 0 Å². The highest BCUT2D eigenvalue weighted by Crippen LogP contribution is 2.51. The first-order valence-corrected chi connectivity index (χ1v) is 8.10. The molecule has 3 aliphatic rings. The minimum atomic E-state index is -0.106. The summed E-state index contributed by atoms with van der Waals surface area (Å²) in [7, 11) is 0. The lowest BCUT2D eigenvalue weighted by molar-refractivity contribution is -0.0785. The van der Waals surface area contributed by atoms with Gasteiger partial charge in [-0.05, 0) is 19.3 Å². The Morgan fingerprint density at radius 2 is 2.14 bits per heavy atom. The third-order valence-corrected chi connectivity index (χ3v) is 5.54. The molecular formula is C16H22N2O3. The molecule has 5 nitrogen and oxygen atoms in total. The summed E-state index contributed by atoms with van der Waals surface area (Å²) in [6, 6.07) is 1.95. The van der Waals surface area contributed by atoms with Crippen molar-refractivity contribution in [2.75, 3.05) is 6.61 Å². The fourth-order valence-corrected chi connectivity index (χ4v) is 4.56. The molecule has 2 saturated carbocycles. The van der Waals surface area contributed by atoms with Gasteiger partial charge in [0.1, 0.15) is 5.76 Å². The number of fused-ring (bicyclic) bond motifs is 1. The number of amides is 1. The highest BCUT2D eigenvalue weighted by molar-refractivity contribution is 5.92. The van der Waals surface area contributed by atoms with Crippen molar-refractivity contribution in [3.63, 3.8) is 0 Å². The van der Waals surface area contributed by atoms with Gasteiger partial charge in [0.25, 0.3) is 5.91 Å². The zero-order valence-corrected chi connectivity index (χ0v) is 12.4. The number of carbonyl (C=O) groups excluding carboxylic acids is 1.